The van der Waals surface area contributed by atoms with E-state index in [1.165, 1.54) is 10.9 Å². The third-order valence-corrected chi connectivity index (χ3v) is 3.63. The van der Waals surface area contributed by atoms with Gasteiger partial charge < -0.3 is 9.73 Å². The van der Waals surface area contributed by atoms with Gasteiger partial charge in [-0.25, -0.2) is 0 Å². The van der Waals surface area contributed by atoms with Crippen molar-refractivity contribution in [2.45, 2.75) is 6.54 Å². The summed E-state index contributed by atoms with van der Waals surface area (Å²) >= 11 is 6.02. The Morgan fingerprint density at radius 2 is 2.00 bits per heavy atom. The van der Waals surface area contributed by atoms with Gasteiger partial charge in [0.1, 0.15) is 11.3 Å². The van der Waals surface area contributed by atoms with Crippen molar-refractivity contribution in [2.75, 3.05) is 0 Å². The number of hydrogen-bond acceptors (Lipinski definition) is 2. The second-order valence-electron chi connectivity index (χ2n) is 4.47. The molecule has 1 N–H and O–H groups in total. The zero-order chi connectivity index (χ0) is 12.1. The van der Waals surface area contributed by atoms with E-state index in [1.54, 1.807) is 0 Å². The van der Waals surface area contributed by atoms with Gasteiger partial charge in [-0.3, -0.25) is 0 Å². The predicted octanol–water partition coefficient (Wildman–Crippen LogP) is 4.31. The summed E-state index contributed by atoms with van der Waals surface area (Å²) in [6.07, 6.45) is 3.89. The molecule has 2 nitrogen and oxygen atoms in total. The van der Waals surface area contributed by atoms with E-state index < -0.39 is 0 Å². The van der Waals surface area contributed by atoms with Crippen molar-refractivity contribution in [3.8, 4) is 0 Å². The van der Waals surface area contributed by atoms with E-state index in [1.807, 2.05) is 30.5 Å². The summed E-state index contributed by atoms with van der Waals surface area (Å²) in [5, 5.41) is 7.36. The molecule has 1 aliphatic rings. The molecule has 0 saturated carbocycles. The highest BCUT2D eigenvalue weighted by molar-refractivity contribution is 6.31. The van der Waals surface area contributed by atoms with Crippen molar-refractivity contribution in [3.05, 3.63) is 52.9 Å². The molecule has 0 bridgehead atoms. The summed E-state index contributed by atoms with van der Waals surface area (Å²) in [5.74, 6) is 0.950. The van der Waals surface area contributed by atoms with Gasteiger partial charge in [-0.1, -0.05) is 23.7 Å². The largest absolute Gasteiger partial charge is 0.456 e. The van der Waals surface area contributed by atoms with Crippen LogP contribution in [0.2, 0.25) is 5.02 Å². The van der Waals surface area contributed by atoms with Gasteiger partial charge in [-0.2, -0.15) is 0 Å². The quantitative estimate of drug-likeness (QED) is 0.647. The Morgan fingerprint density at radius 1 is 1.11 bits per heavy atom. The number of benzene rings is 2. The van der Waals surface area contributed by atoms with Crippen LogP contribution in [0.25, 0.3) is 27.8 Å². The maximum absolute atomic E-state index is 6.02. The summed E-state index contributed by atoms with van der Waals surface area (Å²) in [4.78, 5) is 0. The number of halogens is 1. The van der Waals surface area contributed by atoms with Gasteiger partial charge in [-0.15, -0.1) is 0 Å². The minimum atomic E-state index is 0.750. The van der Waals surface area contributed by atoms with Crippen LogP contribution in [0.3, 0.4) is 0 Å². The molecule has 0 radical (unpaired) electrons. The van der Waals surface area contributed by atoms with Gasteiger partial charge in [0.2, 0.25) is 0 Å². The molecule has 3 heteroatoms. The van der Waals surface area contributed by atoms with Crippen molar-refractivity contribution in [1.82, 2.24) is 5.32 Å². The molecule has 3 aromatic rings. The van der Waals surface area contributed by atoms with E-state index in [0.29, 0.717) is 0 Å². The van der Waals surface area contributed by atoms with Crippen molar-refractivity contribution in [3.63, 3.8) is 0 Å². The van der Waals surface area contributed by atoms with Crippen LogP contribution in [-0.2, 0) is 6.54 Å². The third kappa shape index (κ3) is 1.30. The van der Waals surface area contributed by atoms with E-state index >= 15 is 0 Å². The summed E-state index contributed by atoms with van der Waals surface area (Å²) in [5.41, 5.74) is 2.17. The molecule has 4 rings (SSSR count). The van der Waals surface area contributed by atoms with E-state index in [2.05, 4.69) is 17.4 Å². The first kappa shape index (κ1) is 10.0. The van der Waals surface area contributed by atoms with Crippen LogP contribution in [0.5, 0.6) is 0 Å². The Hall–Kier alpha value is -1.93. The number of furan rings is 1. The second-order valence-corrected chi connectivity index (χ2v) is 4.90. The van der Waals surface area contributed by atoms with Crippen LogP contribution >= 0.6 is 11.6 Å². The van der Waals surface area contributed by atoms with Crippen molar-refractivity contribution < 1.29 is 4.42 Å². The number of nitrogens with one attached hydrogen (secondary N) is 1. The molecule has 2 aromatic carbocycles. The fraction of sp³-hybridized carbons (Fsp3) is 0.0667. The van der Waals surface area contributed by atoms with E-state index in [0.717, 1.165) is 33.7 Å². The van der Waals surface area contributed by atoms with Gasteiger partial charge in [0.15, 0.2) is 0 Å². The molecule has 2 heterocycles. The van der Waals surface area contributed by atoms with Crippen LogP contribution in [0, 0.1) is 0 Å². The van der Waals surface area contributed by atoms with E-state index in [4.69, 9.17) is 16.0 Å². The summed E-state index contributed by atoms with van der Waals surface area (Å²) in [6.45, 7) is 0.817. The highest BCUT2D eigenvalue weighted by atomic mass is 35.5. The lowest BCUT2D eigenvalue weighted by Gasteiger charge is -2.05. The molecule has 0 aliphatic carbocycles. The van der Waals surface area contributed by atoms with Gasteiger partial charge in [0, 0.05) is 34.1 Å². The van der Waals surface area contributed by atoms with Crippen LogP contribution in [0.4, 0.5) is 0 Å². The number of rotatable bonds is 0. The standard InChI is InChI=1S/C15H10ClNO/c16-10-2-4-11-9(7-10)1-3-12-13-8-17-6-5-14(13)18-15(11)12/h1-7,17H,8H2. The summed E-state index contributed by atoms with van der Waals surface area (Å²) in [6, 6.07) is 10.1. The molecule has 0 spiro atoms. The van der Waals surface area contributed by atoms with Gasteiger partial charge in [0.25, 0.3) is 0 Å². The lowest BCUT2D eigenvalue weighted by Crippen LogP contribution is -2.08. The Bertz CT molecular complexity index is 801. The monoisotopic (exact) mass is 255 g/mol. The maximum atomic E-state index is 6.02. The highest BCUT2D eigenvalue weighted by Gasteiger charge is 2.15. The number of hydrogen-bond donors (Lipinski definition) is 1. The van der Waals surface area contributed by atoms with Gasteiger partial charge in [0.05, 0.1) is 0 Å². The van der Waals surface area contributed by atoms with E-state index in [-0.39, 0.29) is 0 Å². The Kier molecular flexibility index (Phi) is 1.97. The van der Waals surface area contributed by atoms with Crippen molar-refractivity contribution in [2.24, 2.45) is 0 Å². The van der Waals surface area contributed by atoms with Crippen molar-refractivity contribution in [1.29, 1.82) is 0 Å². The van der Waals surface area contributed by atoms with Crippen LogP contribution in [0.15, 0.2) is 40.9 Å². The molecule has 18 heavy (non-hydrogen) atoms. The molecular formula is C15H10ClNO. The normalized spacial score (nSPS) is 13.8. The molecule has 0 unspecified atom stereocenters. The summed E-state index contributed by atoms with van der Waals surface area (Å²) < 4.78 is 5.97. The molecule has 88 valence electrons. The first-order chi connectivity index (χ1) is 8.83. The predicted molar refractivity (Wildman–Crippen MR) is 74.6 cm³/mol. The molecule has 0 atom stereocenters. The highest BCUT2D eigenvalue weighted by Crippen LogP contribution is 2.34. The molecule has 0 saturated heterocycles. The van der Waals surface area contributed by atoms with Crippen LogP contribution in [0.1, 0.15) is 11.3 Å². The smallest absolute Gasteiger partial charge is 0.142 e. The molecule has 0 amide bonds. The van der Waals surface area contributed by atoms with E-state index in [9.17, 15) is 0 Å². The summed E-state index contributed by atoms with van der Waals surface area (Å²) in [7, 11) is 0. The van der Waals surface area contributed by atoms with Gasteiger partial charge in [-0.05, 0) is 29.7 Å². The first-order valence-electron chi connectivity index (χ1n) is 5.86. The van der Waals surface area contributed by atoms with Crippen LogP contribution in [-0.4, -0.2) is 0 Å². The lowest BCUT2D eigenvalue weighted by atomic mass is 10.0. The fourth-order valence-electron chi connectivity index (χ4n) is 2.54. The Morgan fingerprint density at radius 3 is 2.94 bits per heavy atom. The topological polar surface area (TPSA) is 25.2 Å². The Balaban J connectivity index is 2.16. The lowest BCUT2D eigenvalue weighted by molar-refractivity contribution is 0.595. The molecule has 0 fully saturated rings. The zero-order valence-electron chi connectivity index (χ0n) is 9.53. The number of fused-ring (bicyclic) bond motifs is 5. The van der Waals surface area contributed by atoms with Crippen molar-refractivity contribution >= 4 is 39.4 Å². The molecular weight excluding hydrogens is 246 g/mol. The minimum absolute atomic E-state index is 0.750. The fourth-order valence-corrected chi connectivity index (χ4v) is 2.72. The first-order valence-corrected chi connectivity index (χ1v) is 6.24. The minimum Gasteiger partial charge on any atom is -0.456 e. The SMILES string of the molecule is Clc1ccc2c(ccc3c4c(oc32)C=CNC4)c1. The zero-order valence-corrected chi connectivity index (χ0v) is 10.3. The second kappa shape index (κ2) is 3.53. The average molecular weight is 256 g/mol. The third-order valence-electron chi connectivity index (χ3n) is 3.40. The average Bonchev–Trinajstić information content (AvgIpc) is 2.77. The van der Waals surface area contributed by atoms with Gasteiger partial charge >= 0.3 is 0 Å². The molecule has 1 aliphatic heterocycles. The Labute approximate surface area is 109 Å². The maximum Gasteiger partial charge on any atom is 0.142 e. The molecule has 1 aromatic heterocycles. The van der Waals surface area contributed by atoms with Crippen LogP contribution < -0.4 is 5.32 Å².